The molecule has 38 heavy (non-hydrogen) atoms. The monoisotopic (exact) mass is 554 g/mol. The zero-order valence-corrected chi connectivity index (χ0v) is 21.4. The first-order valence-electron chi connectivity index (χ1n) is 11.9. The molecule has 2 aliphatic heterocycles. The number of amides is 4. The van der Waals surface area contributed by atoms with Crippen LogP contribution in [0.4, 0.5) is 9.59 Å². The van der Waals surface area contributed by atoms with Crippen LogP contribution in [0.1, 0.15) is 27.7 Å². The number of urea groups is 1. The van der Waals surface area contributed by atoms with Crippen LogP contribution in [-0.4, -0.2) is 135 Å². The lowest BCUT2D eigenvalue weighted by molar-refractivity contribution is -0.361. The number of carbonyl (C=O) groups excluding carboxylic acids is 3. The van der Waals surface area contributed by atoms with Gasteiger partial charge in [-0.3, -0.25) is 4.79 Å². The van der Waals surface area contributed by atoms with E-state index in [2.05, 4.69) is 21.3 Å². The number of carbonyl (C=O) groups is 3. The zero-order chi connectivity index (χ0) is 28.8. The Morgan fingerprint density at radius 1 is 0.868 bits per heavy atom. The molecule has 4 amide bonds. The maximum atomic E-state index is 12.5. The van der Waals surface area contributed by atoms with Gasteiger partial charge in [0.15, 0.2) is 18.8 Å². The highest BCUT2D eigenvalue weighted by Crippen LogP contribution is 2.28. The van der Waals surface area contributed by atoms with Gasteiger partial charge in [-0.15, -0.1) is 0 Å². The third-order valence-corrected chi connectivity index (χ3v) is 5.46. The van der Waals surface area contributed by atoms with E-state index < -0.39 is 91.7 Å². The van der Waals surface area contributed by atoms with E-state index in [9.17, 15) is 45.0 Å². The molecule has 2 saturated heterocycles. The molecular formula is C21H38N4O13. The first-order chi connectivity index (χ1) is 17.6. The number of ether oxygens (including phenoxy) is 4. The van der Waals surface area contributed by atoms with Crippen molar-refractivity contribution in [2.75, 3.05) is 19.7 Å². The molecule has 220 valence electrons. The highest BCUT2D eigenvalue weighted by atomic mass is 16.8. The molecule has 17 nitrogen and oxygen atoms in total. The summed E-state index contributed by atoms with van der Waals surface area (Å²) in [5, 5.41) is 69.8. The zero-order valence-electron chi connectivity index (χ0n) is 21.4. The van der Waals surface area contributed by atoms with Gasteiger partial charge in [0.25, 0.3) is 0 Å². The van der Waals surface area contributed by atoms with Crippen LogP contribution in [-0.2, 0) is 23.7 Å². The summed E-state index contributed by atoms with van der Waals surface area (Å²) in [6, 6.07) is -2.14. The average Bonchev–Trinajstić information content (AvgIpc) is 2.81. The van der Waals surface area contributed by atoms with E-state index in [-0.39, 0.29) is 13.1 Å². The van der Waals surface area contributed by atoms with Crippen molar-refractivity contribution >= 4 is 18.0 Å². The van der Waals surface area contributed by atoms with Crippen LogP contribution in [0.3, 0.4) is 0 Å². The minimum atomic E-state index is -1.95. The molecule has 6 unspecified atom stereocenters. The van der Waals surface area contributed by atoms with Crippen molar-refractivity contribution in [2.45, 2.75) is 94.8 Å². The fraction of sp³-hybridized carbons (Fsp3) is 0.857. The number of nitrogens with one attached hydrogen (secondary N) is 4. The van der Waals surface area contributed by atoms with Crippen molar-refractivity contribution in [3.63, 3.8) is 0 Å². The fourth-order valence-corrected chi connectivity index (χ4v) is 3.71. The van der Waals surface area contributed by atoms with Crippen molar-refractivity contribution in [3.8, 4) is 0 Å². The quantitative estimate of drug-likeness (QED) is 0.127. The van der Waals surface area contributed by atoms with E-state index in [0.29, 0.717) is 0 Å². The summed E-state index contributed by atoms with van der Waals surface area (Å²) < 4.78 is 21.2. The highest BCUT2D eigenvalue weighted by Gasteiger charge is 2.51. The smallest absolute Gasteiger partial charge is 0.407 e. The molecule has 2 fully saturated rings. The Labute approximate surface area is 218 Å². The first-order valence-corrected chi connectivity index (χ1v) is 11.9. The second-order valence-electron chi connectivity index (χ2n) is 9.79. The predicted molar refractivity (Wildman–Crippen MR) is 124 cm³/mol. The van der Waals surface area contributed by atoms with E-state index in [1.165, 1.54) is 0 Å². The van der Waals surface area contributed by atoms with Crippen molar-refractivity contribution in [1.82, 2.24) is 21.3 Å². The summed E-state index contributed by atoms with van der Waals surface area (Å²) >= 11 is 0. The van der Waals surface area contributed by atoms with Crippen LogP contribution in [0.2, 0.25) is 0 Å². The van der Waals surface area contributed by atoms with Crippen LogP contribution in [0.5, 0.6) is 0 Å². The van der Waals surface area contributed by atoms with Gasteiger partial charge >= 0.3 is 12.1 Å². The second kappa shape index (κ2) is 13.6. The molecule has 2 heterocycles. The molecule has 17 heteroatoms. The van der Waals surface area contributed by atoms with Gasteiger partial charge in [0.2, 0.25) is 5.91 Å². The van der Waals surface area contributed by atoms with Gasteiger partial charge in [0, 0.05) is 20.0 Å². The van der Waals surface area contributed by atoms with Crippen LogP contribution in [0, 0.1) is 0 Å². The highest BCUT2D eigenvalue weighted by molar-refractivity contribution is 5.75. The number of alkyl carbamates (subject to hydrolysis) is 1. The molecule has 0 spiro atoms. The topological polar surface area (TPSA) is 258 Å². The Balaban J connectivity index is 2.08. The van der Waals surface area contributed by atoms with Gasteiger partial charge in [0.1, 0.15) is 48.3 Å². The van der Waals surface area contributed by atoms with Crippen LogP contribution >= 0.6 is 0 Å². The predicted octanol–water partition coefficient (Wildman–Crippen LogP) is -4.46. The van der Waals surface area contributed by atoms with Crippen LogP contribution in [0.15, 0.2) is 0 Å². The summed E-state index contributed by atoms with van der Waals surface area (Å²) in [5.74, 6) is -0.628. The molecule has 0 aliphatic carbocycles. The minimum absolute atomic E-state index is 0.0140. The summed E-state index contributed by atoms with van der Waals surface area (Å²) in [5.41, 5.74) is -0.701. The number of aliphatic hydroxyl groups is 6. The van der Waals surface area contributed by atoms with Gasteiger partial charge < -0.3 is 70.9 Å². The average molecular weight is 555 g/mol. The summed E-state index contributed by atoms with van der Waals surface area (Å²) in [7, 11) is 0. The molecule has 0 aromatic heterocycles. The van der Waals surface area contributed by atoms with Gasteiger partial charge in [-0.05, 0) is 20.8 Å². The summed E-state index contributed by atoms with van der Waals surface area (Å²) in [6.07, 6.45) is -15.9. The maximum Gasteiger partial charge on any atom is 0.407 e. The Bertz CT molecular complexity index is 812. The summed E-state index contributed by atoms with van der Waals surface area (Å²) in [4.78, 5) is 36.1. The normalized spacial score (nSPS) is 35.6. The van der Waals surface area contributed by atoms with Crippen LogP contribution in [0.25, 0.3) is 0 Å². The molecule has 0 bridgehead atoms. The summed E-state index contributed by atoms with van der Waals surface area (Å²) in [6.45, 7) is 5.44. The third kappa shape index (κ3) is 8.85. The molecule has 0 radical (unpaired) electrons. The third-order valence-electron chi connectivity index (χ3n) is 5.46. The van der Waals surface area contributed by atoms with Gasteiger partial charge in [-0.2, -0.15) is 0 Å². The van der Waals surface area contributed by atoms with E-state index >= 15 is 0 Å². The molecule has 10 N–H and O–H groups in total. The van der Waals surface area contributed by atoms with Gasteiger partial charge in [0.05, 0.1) is 6.61 Å². The van der Waals surface area contributed by atoms with Crippen LogP contribution < -0.4 is 21.3 Å². The molecular weight excluding hydrogens is 516 g/mol. The Hall–Kier alpha value is -2.35. The molecule has 2 rings (SSSR count). The van der Waals surface area contributed by atoms with E-state index in [4.69, 9.17) is 18.9 Å². The molecule has 0 saturated carbocycles. The van der Waals surface area contributed by atoms with Crippen molar-refractivity contribution in [3.05, 3.63) is 0 Å². The number of aliphatic hydroxyl groups excluding tert-OH is 6. The molecule has 10 atom stereocenters. The van der Waals surface area contributed by atoms with Crippen molar-refractivity contribution < 1.29 is 64.0 Å². The number of hydrogen-bond donors (Lipinski definition) is 10. The van der Waals surface area contributed by atoms with E-state index in [1.54, 1.807) is 20.8 Å². The van der Waals surface area contributed by atoms with E-state index in [0.717, 1.165) is 6.92 Å². The van der Waals surface area contributed by atoms with Crippen molar-refractivity contribution in [2.24, 2.45) is 0 Å². The number of hydrogen-bond acceptors (Lipinski definition) is 13. The molecule has 2 aliphatic rings. The Morgan fingerprint density at radius 3 is 2.08 bits per heavy atom. The lowest BCUT2D eigenvalue weighted by Crippen LogP contribution is -2.70. The Kier molecular flexibility index (Phi) is 11.4. The SMILES string of the molecule is CC(=O)NC1C(O[C@@H]2OC(O)[C@H](O)C(O)C2O)[C@H](O)C(CO)O[C@H]1NC(=O)NCCNC(=O)OC(C)(C)C. The van der Waals surface area contributed by atoms with Gasteiger partial charge in [-0.1, -0.05) is 0 Å². The minimum Gasteiger partial charge on any atom is -0.444 e. The number of rotatable bonds is 8. The van der Waals surface area contributed by atoms with Gasteiger partial charge in [-0.25, -0.2) is 9.59 Å². The molecule has 0 aromatic rings. The lowest BCUT2D eigenvalue weighted by Gasteiger charge is -2.47. The molecule has 0 aromatic carbocycles. The fourth-order valence-electron chi connectivity index (χ4n) is 3.71. The Morgan fingerprint density at radius 2 is 1.50 bits per heavy atom. The maximum absolute atomic E-state index is 12.5. The largest absolute Gasteiger partial charge is 0.444 e. The van der Waals surface area contributed by atoms with E-state index in [1.807, 2.05) is 0 Å². The lowest BCUT2D eigenvalue weighted by atomic mass is 9.95. The second-order valence-corrected chi connectivity index (χ2v) is 9.79. The standard InChI is InChI=1S/C21H38N4O13/c1-8(27)24-10-15(36-18-14(31)12(29)13(30)17(32)37-18)11(28)9(7-26)35-16(10)25-19(33)22-5-6-23-20(34)38-21(2,3)4/h9-18,26,28-32H,5-7H2,1-4H3,(H,23,34)(H,24,27)(H2,22,25,33)/t9?,10?,11-,12?,13-,14?,15?,16-,17?,18-/m1/s1. The first kappa shape index (κ1) is 31.9. The van der Waals surface area contributed by atoms with Crippen molar-refractivity contribution in [1.29, 1.82) is 0 Å².